The minimum Gasteiger partial charge on any atom is -0.444 e. The molecule has 0 aliphatic carbocycles. The standard InChI is InChI=1S/C15H26F2N4O2/c1-10-12(11(2)21(6)20-10)7-18-8-15(16,17)9-19-13(22)23-14(3,4)5/h18H,7-9H2,1-6H3,(H,19,22). The maximum absolute atomic E-state index is 13.8. The Labute approximate surface area is 135 Å². The van der Waals surface area contributed by atoms with Crippen LogP contribution in [-0.2, 0) is 18.3 Å². The highest BCUT2D eigenvalue weighted by Crippen LogP contribution is 2.14. The average molecular weight is 332 g/mol. The van der Waals surface area contributed by atoms with Crippen molar-refractivity contribution < 1.29 is 18.3 Å². The van der Waals surface area contributed by atoms with Gasteiger partial charge in [-0.05, 0) is 34.6 Å². The summed E-state index contributed by atoms with van der Waals surface area (Å²) in [5.41, 5.74) is 1.94. The average Bonchev–Trinajstić information content (AvgIpc) is 2.61. The lowest BCUT2D eigenvalue weighted by molar-refractivity contribution is -0.00378. The van der Waals surface area contributed by atoms with Gasteiger partial charge in [0, 0.05) is 24.8 Å². The number of aryl methyl sites for hydroxylation is 2. The number of carbonyl (C=O) groups excluding carboxylic acids is 1. The number of alkyl carbamates (subject to hydrolysis) is 1. The molecule has 1 aromatic rings. The number of hydrogen-bond acceptors (Lipinski definition) is 4. The summed E-state index contributed by atoms with van der Waals surface area (Å²) in [5, 5.41) is 9.04. The number of nitrogens with zero attached hydrogens (tertiary/aromatic N) is 2. The van der Waals surface area contributed by atoms with Gasteiger partial charge in [-0.15, -0.1) is 0 Å². The van der Waals surface area contributed by atoms with E-state index in [-0.39, 0.29) is 0 Å². The normalized spacial score (nSPS) is 12.3. The van der Waals surface area contributed by atoms with Crippen LogP contribution in [0.15, 0.2) is 0 Å². The Morgan fingerprint density at radius 2 is 1.87 bits per heavy atom. The summed E-state index contributed by atoms with van der Waals surface area (Å²) in [6.45, 7) is 7.72. The van der Waals surface area contributed by atoms with Crippen LogP contribution in [0.5, 0.6) is 0 Å². The van der Waals surface area contributed by atoms with Gasteiger partial charge in [-0.25, -0.2) is 13.6 Å². The number of halogens is 2. The fourth-order valence-electron chi connectivity index (χ4n) is 2.02. The first kappa shape index (κ1) is 19.3. The molecule has 0 aliphatic rings. The minimum atomic E-state index is -3.07. The van der Waals surface area contributed by atoms with Crippen molar-refractivity contribution >= 4 is 6.09 Å². The Balaban J connectivity index is 2.42. The Morgan fingerprint density at radius 3 is 2.35 bits per heavy atom. The van der Waals surface area contributed by atoms with Crippen LogP contribution in [-0.4, -0.2) is 40.5 Å². The molecule has 2 N–H and O–H groups in total. The molecule has 0 saturated heterocycles. The molecule has 0 bridgehead atoms. The third-order valence-electron chi connectivity index (χ3n) is 3.23. The number of alkyl halides is 2. The van der Waals surface area contributed by atoms with Crippen LogP contribution < -0.4 is 10.6 Å². The lowest BCUT2D eigenvalue weighted by Gasteiger charge is -2.22. The largest absolute Gasteiger partial charge is 0.444 e. The van der Waals surface area contributed by atoms with E-state index in [0.717, 1.165) is 17.0 Å². The summed E-state index contributed by atoms with van der Waals surface area (Å²) >= 11 is 0. The summed E-state index contributed by atoms with van der Waals surface area (Å²) in [6.07, 6.45) is -0.851. The van der Waals surface area contributed by atoms with Gasteiger partial charge in [0.05, 0.1) is 18.8 Å². The van der Waals surface area contributed by atoms with E-state index in [2.05, 4.69) is 15.7 Å². The maximum atomic E-state index is 13.8. The summed E-state index contributed by atoms with van der Waals surface area (Å²) in [4.78, 5) is 11.4. The van der Waals surface area contributed by atoms with E-state index in [9.17, 15) is 13.6 Å². The lowest BCUT2D eigenvalue weighted by atomic mass is 10.2. The first-order chi connectivity index (χ1) is 10.4. The second-order valence-corrected chi connectivity index (χ2v) is 6.59. The van der Waals surface area contributed by atoms with Crippen LogP contribution in [0.25, 0.3) is 0 Å². The van der Waals surface area contributed by atoms with Crippen LogP contribution in [0.2, 0.25) is 0 Å². The molecule has 6 nitrogen and oxygen atoms in total. The molecule has 0 unspecified atom stereocenters. The number of carbonyl (C=O) groups is 1. The van der Waals surface area contributed by atoms with Crippen molar-refractivity contribution in [1.29, 1.82) is 0 Å². The summed E-state index contributed by atoms with van der Waals surface area (Å²) in [5.74, 6) is -3.07. The van der Waals surface area contributed by atoms with E-state index in [0.29, 0.717) is 6.54 Å². The van der Waals surface area contributed by atoms with Crippen molar-refractivity contribution in [2.45, 2.75) is 52.7 Å². The zero-order valence-electron chi connectivity index (χ0n) is 14.6. The molecule has 132 valence electrons. The van der Waals surface area contributed by atoms with Crippen molar-refractivity contribution in [2.24, 2.45) is 7.05 Å². The van der Waals surface area contributed by atoms with Crippen molar-refractivity contribution in [1.82, 2.24) is 20.4 Å². The van der Waals surface area contributed by atoms with Crippen LogP contribution in [0.3, 0.4) is 0 Å². The molecule has 0 atom stereocenters. The molecule has 0 fully saturated rings. The second kappa shape index (κ2) is 7.25. The highest BCUT2D eigenvalue weighted by Gasteiger charge is 2.30. The quantitative estimate of drug-likeness (QED) is 0.839. The van der Waals surface area contributed by atoms with Crippen LogP contribution >= 0.6 is 0 Å². The van der Waals surface area contributed by atoms with Gasteiger partial charge in [-0.3, -0.25) is 4.68 Å². The zero-order valence-corrected chi connectivity index (χ0v) is 14.6. The molecule has 1 amide bonds. The van der Waals surface area contributed by atoms with E-state index in [1.165, 1.54) is 0 Å². The van der Waals surface area contributed by atoms with E-state index in [1.807, 2.05) is 20.9 Å². The Morgan fingerprint density at radius 1 is 1.26 bits per heavy atom. The number of amides is 1. The monoisotopic (exact) mass is 332 g/mol. The van der Waals surface area contributed by atoms with Crippen LogP contribution in [0.4, 0.5) is 13.6 Å². The molecule has 0 spiro atoms. The SMILES string of the molecule is Cc1nn(C)c(C)c1CNCC(F)(F)CNC(=O)OC(C)(C)C. The predicted octanol–water partition coefficient (Wildman–Crippen LogP) is 2.29. The molecule has 23 heavy (non-hydrogen) atoms. The highest BCUT2D eigenvalue weighted by molar-refractivity contribution is 5.67. The van der Waals surface area contributed by atoms with Gasteiger partial charge in [0.2, 0.25) is 0 Å². The summed E-state index contributed by atoms with van der Waals surface area (Å²) in [6, 6.07) is 0. The van der Waals surface area contributed by atoms with Gasteiger partial charge >= 0.3 is 6.09 Å². The molecule has 0 aromatic carbocycles. The van der Waals surface area contributed by atoms with E-state index in [1.54, 1.807) is 25.5 Å². The van der Waals surface area contributed by atoms with Crippen LogP contribution in [0, 0.1) is 13.8 Å². The summed E-state index contributed by atoms with van der Waals surface area (Å²) in [7, 11) is 1.81. The van der Waals surface area contributed by atoms with Crippen molar-refractivity contribution in [3.8, 4) is 0 Å². The Kier molecular flexibility index (Phi) is 6.10. The molecule has 8 heteroatoms. The Hall–Kier alpha value is -1.70. The number of hydrogen-bond donors (Lipinski definition) is 2. The highest BCUT2D eigenvalue weighted by atomic mass is 19.3. The molecular formula is C15H26F2N4O2. The maximum Gasteiger partial charge on any atom is 0.407 e. The van der Waals surface area contributed by atoms with Gasteiger partial charge in [0.25, 0.3) is 5.92 Å². The fraction of sp³-hybridized carbons (Fsp3) is 0.733. The van der Waals surface area contributed by atoms with Gasteiger partial charge < -0.3 is 15.4 Å². The zero-order chi connectivity index (χ0) is 17.8. The smallest absolute Gasteiger partial charge is 0.407 e. The molecule has 1 rings (SSSR count). The van der Waals surface area contributed by atoms with Gasteiger partial charge in [0.1, 0.15) is 5.60 Å². The van der Waals surface area contributed by atoms with E-state index < -0.39 is 30.7 Å². The Bertz CT molecular complexity index is 550. The topological polar surface area (TPSA) is 68.2 Å². The second-order valence-electron chi connectivity index (χ2n) is 6.59. The number of nitrogens with one attached hydrogen (secondary N) is 2. The van der Waals surface area contributed by atoms with Gasteiger partial charge in [-0.1, -0.05) is 0 Å². The molecule has 0 aliphatic heterocycles. The predicted molar refractivity (Wildman–Crippen MR) is 83.6 cm³/mol. The van der Waals surface area contributed by atoms with E-state index >= 15 is 0 Å². The van der Waals surface area contributed by atoms with Gasteiger partial charge in [0.15, 0.2) is 0 Å². The number of rotatable bonds is 6. The molecule has 1 heterocycles. The first-order valence-electron chi connectivity index (χ1n) is 7.46. The van der Waals surface area contributed by atoms with Crippen molar-refractivity contribution in [2.75, 3.05) is 13.1 Å². The number of aromatic nitrogens is 2. The third-order valence-corrected chi connectivity index (χ3v) is 3.23. The fourth-order valence-corrected chi connectivity index (χ4v) is 2.02. The lowest BCUT2D eigenvalue weighted by Crippen LogP contribution is -2.44. The number of ether oxygens (including phenoxy) is 1. The van der Waals surface area contributed by atoms with Crippen LogP contribution in [0.1, 0.15) is 37.7 Å². The molecule has 0 saturated carbocycles. The minimum absolute atomic E-state index is 0.299. The first-order valence-corrected chi connectivity index (χ1v) is 7.46. The van der Waals surface area contributed by atoms with Crippen molar-refractivity contribution in [3.63, 3.8) is 0 Å². The van der Waals surface area contributed by atoms with Gasteiger partial charge in [-0.2, -0.15) is 5.10 Å². The van der Waals surface area contributed by atoms with E-state index in [4.69, 9.17) is 4.74 Å². The molecular weight excluding hydrogens is 306 g/mol. The third kappa shape index (κ3) is 6.52. The summed E-state index contributed by atoms with van der Waals surface area (Å²) < 4.78 is 34.2. The molecule has 1 aromatic heterocycles. The molecule has 0 radical (unpaired) electrons. The van der Waals surface area contributed by atoms with Crippen molar-refractivity contribution in [3.05, 3.63) is 17.0 Å².